The summed E-state index contributed by atoms with van der Waals surface area (Å²) in [6.07, 6.45) is -0.406. The number of rotatable bonds is 2. The predicted octanol–water partition coefficient (Wildman–Crippen LogP) is 1.95. The van der Waals surface area contributed by atoms with Crippen LogP contribution in [0.4, 0.5) is 0 Å². The Morgan fingerprint density at radius 1 is 1.33 bits per heavy atom. The van der Waals surface area contributed by atoms with Crippen molar-refractivity contribution in [2.45, 2.75) is 6.10 Å². The van der Waals surface area contributed by atoms with Gasteiger partial charge in [0, 0.05) is 7.05 Å². The first kappa shape index (κ1) is 10.1. The van der Waals surface area contributed by atoms with Crippen LogP contribution in [-0.4, -0.2) is 13.0 Å². The second-order valence-electron chi connectivity index (χ2n) is 3.17. The van der Waals surface area contributed by atoms with Crippen LogP contribution in [0.15, 0.2) is 41.1 Å². The van der Waals surface area contributed by atoms with Gasteiger partial charge in [-0.15, -0.1) is 0 Å². The molecule has 0 spiro atoms. The molecule has 0 bridgehead atoms. The number of ether oxygens (including phenoxy) is 1. The lowest BCUT2D eigenvalue weighted by molar-refractivity contribution is -0.139. The molecule has 0 aliphatic carbocycles. The van der Waals surface area contributed by atoms with E-state index in [1.165, 1.54) is 0 Å². The molecule has 0 fully saturated rings. The molecule has 1 N–H and O–H groups in total. The highest BCUT2D eigenvalue weighted by molar-refractivity contribution is 6.42. The second-order valence-corrected chi connectivity index (χ2v) is 3.55. The maximum Gasteiger partial charge on any atom is 0.352 e. The third-order valence-electron chi connectivity index (χ3n) is 2.27. The van der Waals surface area contributed by atoms with Crippen molar-refractivity contribution in [3.05, 3.63) is 46.6 Å². The summed E-state index contributed by atoms with van der Waals surface area (Å²) in [5, 5.41) is 3.03. The zero-order chi connectivity index (χ0) is 10.8. The van der Waals surface area contributed by atoms with Crippen LogP contribution in [0.5, 0.6) is 0 Å². The van der Waals surface area contributed by atoms with Gasteiger partial charge in [-0.2, -0.15) is 0 Å². The van der Waals surface area contributed by atoms with Crippen LogP contribution in [0.3, 0.4) is 0 Å². The lowest BCUT2D eigenvalue weighted by Crippen LogP contribution is -2.13. The van der Waals surface area contributed by atoms with Crippen LogP contribution in [0, 0.1) is 0 Å². The van der Waals surface area contributed by atoms with E-state index >= 15 is 0 Å². The number of benzene rings is 1. The smallest absolute Gasteiger partial charge is 0.352 e. The van der Waals surface area contributed by atoms with E-state index in [0.29, 0.717) is 5.70 Å². The third kappa shape index (κ3) is 1.70. The molecule has 0 saturated carbocycles. The van der Waals surface area contributed by atoms with E-state index in [1.54, 1.807) is 7.05 Å². The van der Waals surface area contributed by atoms with Crippen molar-refractivity contribution in [1.82, 2.24) is 5.32 Å². The number of hydrogen-bond acceptors (Lipinski definition) is 3. The summed E-state index contributed by atoms with van der Waals surface area (Å²) in [7, 11) is 1.72. The number of nitrogens with one attached hydrogen (secondary N) is 1. The average molecular weight is 224 g/mol. The molecule has 1 atom stereocenters. The van der Waals surface area contributed by atoms with E-state index in [9.17, 15) is 4.79 Å². The highest BCUT2D eigenvalue weighted by Gasteiger charge is 2.33. The molecule has 1 aromatic rings. The van der Waals surface area contributed by atoms with E-state index in [1.807, 2.05) is 30.3 Å². The highest BCUT2D eigenvalue weighted by atomic mass is 35.5. The lowest BCUT2D eigenvalue weighted by atomic mass is 10.1. The van der Waals surface area contributed by atoms with Crippen molar-refractivity contribution >= 4 is 17.6 Å². The van der Waals surface area contributed by atoms with Gasteiger partial charge in [-0.05, 0) is 5.56 Å². The van der Waals surface area contributed by atoms with Crippen molar-refractivity contribution in [2.75, 3.05) is 7.05 Å². The summed E-state index contributed by atoms with van der Waals surface area (Å²) in [6, 6.07) is 9.48. The normalized spacial score (nSPS) is 20.4. The number of halogens is 1. The van der Waals surface area contributed by atoms with Gasteiger partial charge < -0.3 is 10.1 Å². The molecule has 1 unspecified atom stereocenters. The van der Waals surface area contributed by atoms with Crippen molar-refractivity contribution in [3.63, 3.8) is 0 Å². The Labute approximate surface area is 92.7 Å². The van der Waals surface area contributed by atoms with Gasteiger partial charge in [0.25, 0.3) is 0 Å². The summed E-state index contributed by atoms with van der Waals surface area (Å²) < 4.78 is 5.16. The van der Waals surface area contributed by atoms with Gasteiger partial charge >= 0.3 is 5.97 Å². The fraction of sp³-hybridized carbons (Fsp3) is 0.182. The van der Waals surface area contributed by atoms with Gasteiger partial charge in [-0.3, -0.25) is 0 Å². The van der Waals surface area contributed by atoms with Crippen molar-refractivity contribution in [3.8, 4) is 0 Å². The van der Waals surface area contributed by atoms with E-state index < -0.39 is 12.1 Å². The Hall–Kier alpha value is -1.48. The maximum absolute atomic E-state index is 11.3. The standard InChI is InChI=1S/C11H10ClNO2/c1-13-9-8(12)11(14)15-10(9)7-5-3-2-4-6-7/h2-6,10,13H,1H3. The molecule has 0 amide bonds. The first-order chi connectivity index (χ1) is 7.24. The van der Waals surface area contributed by atoms with Crippen molar-refractivity contribution in [2.24, 2.45) is 0 Å². The van der Waals surface area contributed by atoms with Crippen molar-refractivity contribution < 1.29 is 9.53 Å². The quantitative estimate of drug-likeness (QED) is 0.779. The maximum atomic E-state index is 11.3. The summed E-state index contributed by atoms with van der Waals surface area (Å²) >= 11 is 5.82. The first-order valence-corrected chi connectivity index (χ1v) is 4.95. The van der Waals surface area contributed by atoms with E-state index in [2.05, 4.69) is 5.32 Å². The topological polar surface area (TPSA) is 38.3 Å². The number of esters is 1. The SMILES string of the molecule is CNC1=C(Cl)C(=O)OC1c1ccccc1. The van der Waals surface area contributed by atoms with E-state index in [4.69, 9.17) is 16.3 Å². The van der Waals surface area contributed by atoms with Crippen LogP contribution in [0.2, 0.25) is 0 Å². The van der Waals surface area contributed by atoms with Gasteiger partial charge in [-0.25, -0.2) is 4.79 Å². The van der Waals surface area contributed by atoms with Gasteiger partial charge in [0.2, 0.25) is 0 Å². The molecular weight excluding hydrogens is 214 g/mol. The Morgan fingerprint density at radius 2 is 2.00 bits per heavy atom. The Bertz CT molecular complexity index is 414. The molecule has 15 heavy (non-hydrogen) atoms. The molecule has 78 valence electrons. The summed E-state index contributed by atoms with van der Waals surface area (Å²) in [6.45, 7) is 0. The molecule has 0 aromatic heterocycles. The molecular formula is C11H10ClNO2. The minimum Gasteiger partial charge on any atom is -0.447 e. The first-order valence-electron chi connectivity index (χ1n) is 4.57. The number of carbonyl (C=O) groups excluding carboxylic acids is 1. The molecule has 1 aromatic carbocycles. The van der Waals surface area contributed by atoms with E-state index in [-0.39, 0.29) is 5.03 Å². The Morgan fingerprint density at radius 3 is 2.60 bits per heavy atom. The van der Waals surface area contributed by atoms with Crippen LogP contribution in [-0.2, 0) is 9.53 Å². The predicted molar refractivity (Wildman–Crippen MR) is 57.2 cm³/mol. The van der Waals surface area contributed by atoms with Crippen LogP contribution >= 0.6 is 11.6 Å². The average Bonchev–Trinajstić information content (AvgIpc) is 2.56. The minimum atomic E-state index is -0.477. The lowest BCUT2D eigenvalue weighted by Gasteiger charge is -2.13. The summed E-state index contributed by atoms with van der Waals surface area (Å²) in [5.74, 6) is -0.477. The molecule has 3 nitrogen and oxygen atoms in total. The number of carbonyl (C=O) groups is 1. The molecule has 0 radical (unpaired) electrons. The Balaban J connectivity index is 2.37. The van der Waals surface area contributed by atoms with Gasteiger partial charge in [0.05, 0.1) is 5.70 Å². The molecule has 2 rings (SSSR count). The van der Waals surface area contributed by atoms with Crippen LogP contribution in [0.25, 0.3) is 0 Å². The fourth-order valence-corrected chi connectivity index (χ4v) is 1.78. The summed E-state index contributed by atoms with van der Waals surface area (Å²) in [4.78, 5) is 11.3. The summed E-state index contributed by atoms with van der Waals surface area (Å²) in [5.41, 5.74) is 1.53. The molecule has 4 heteroatoms. The highest BCUT2D eigenvalue weighted by Crippen LogP contribution is 2.34. The third-order valence-corrected chi connectivity index (χ3v) is 2.63. The largest absolute Gasteiger partial charge is 0.447 e. The molecule has 1 aliphatic rings. The molecule has 0 saturated heterocycles. The zero-order valence-corrected chi connectivity index (χ0v) is 8.91. The van der Waals surface area contributed by atoms with Gasteiger partial charge in [0.15, 0.2) is 6.10 Å². The zero-order valence-electron chi connectivity index (χ0n) is 8.16. The number of cyclic esters (lactones) is 1. The molecule has 1 aliphatic heterocycles. The van der Waals surface area contributed by atoms with Crippen molar-refractivity contribution in [1.29, 1.82) is 0 Å². The number of likely N-dealkylation sites (N-methyl/N-ethyl adjacent to an activating group) is 1. The van der Waals surface area contributed by atoms with Gasteiger partial charge in [0.1, 0.15) is 5.03 Å². The van der Waals surface area contributed by atoms with Crippen LogP contribution < -0.4 is 5.32 Å². The molecule has 1 heterocycles. The Kier molecular flexibility index (Phi) is 2.64. The second kappa shape index (κ2) is 3.95. The monoisotopic (exact) mass is 223 g/mol. The van der Waals surface area contributed by atoms with Crippen LogP contribution in [0.1, 0.15) is 11.7 Å². The fourth-order valence-electron chi connectivity index (χ4n) is 1.55. The van der Waals surface area contributed by atoms with E-state index in [0.717, 1.165) is 5.56 Å². The number of hydrogen-bond donors (Lipinski definition) is 1. The minimum absolute atomic E-state index is 0.131. The van der Waals surface area contributed by atoms with Gasteiger partial charge in [-0.1, -0.05) is 41.9 Å².